The Kier molecular flexibility index (Phi) is 4.20. The van der Waals surface area contributed by atoms with Crippen molar-refractivity contribution in [3.8, 4) is 0 Å². The Morgan fingerprint density at radius 3 is 2.53 bits per heavy atom. The van der Waals surface area contributed by atoms with Crippen molar-refractivity contribution in [1.29, 1.82) is 0 Å². The molecule has 0 bridgehead atoms. The maximum absolute atomic E-state index is 13.7. The van der Waals surface area contributed by atoms with Crippen molar-refractivity contribution in [2.45, 2.75) is 25.3 Å². The van der Waals surface area contributed by atoms with Gasteiger partial charge in [-0.1, -0.05) is 22.4 Å². The summed E-state index contributed by atoms with van der Waals surface area (Å²) in [6, 6.07) is 5.74. The highest BCUT2D eigenvalue weighted by atomic mass is 79.9. The van der Waals surface area contributed by atoms with Gasteiger partial charge in [-0.05, 0) is 42.5 Å². The quantitative estimate of drug-likeness (QED) is 0.916. The highest BCUT2D eigenvalue weighted by Gasteiger charge is 2.33. The van der Waals surface area contributed by atoms with E-state index in [0.29, 0.717) is 12.0 Å². The van der Waals surface area contributed by atoms with Gasteiger partial charge >= 0.3 is 0 Å². The fraction of sp³-hybridized carbons (Fsp3) is 0.600. The van der Waals surface area contributed by atoms with Crippen LogP contribution in [-0.4, -0.2) is 31.1 Å². The zero-order valence-electron chi connectivity index (χ0n) is 11.0. The maximum atomic E-state index is 13.7. The summed E-state index contributed by atoms with van der Waals surface area (Å²) < 4.78 is 14.5. The first-order valence-electron chi connectivity index (χ1n) is 7.15. The molecule has 1 aliphatic heterocycles. The summed E-state index contributed by atoms with van der Waals surface area (Å²) in [5.74, 6) is 0.565. The van der Waals surface area contributed by atoms with Crippen LogP contribution in [0.15, 0.2) is 22.7 Å². The smallest absolute Gasteiger partial charge is 0.124 e. The van der Waals surface area contributed by atoms with Crippen molar-refractivity contribution in [3.05, 3.63) is 34.1 Å². The molecule has 0 aromatic heterocycles. The van der Waals surface area contributed by atoms with Crippen LogP contribution < -0.4 is 5.32 Å². The average molecular weight is 327 g/mol. The Morgan fingerprint density at radius 1 is 1.21 bits per heavy atom. The summed E-state index contributed by atoms with van der Waals surface area (Å²) in [4.78, 5) is 2.53. The monoisotopic (exact) mass is 326 g/mol. The minimum atomic E-state index is -0.135. The molecule has 0 spiro atoms. The molecule has 1 N–H and O–H groups in total. The normalized spacial score (nSPS) is 23.1. The lowest BCUT2D eigenvalue weighted by atomic mass is 9.76. The summed E-state index contributed by atoms with van der Waals surface area (Å²) in [6.45, 7) is 4.21. The molecule has 0 amide bonds. The molecule has 1 aromatic carbocycles. The molecule has 0 radical (unpaired) electrons. The molecule has 1 aliphatic carbocycles. The first kappa shape index (κ1) is 13.5. The molecule has 1 aromatic rings. The highest BCUT2D eigenvalue weighted by molar-refractivity contribution is 9.10. The molecule has 2 fully saturated rings. The minimum Gasteiger partial charge on any atom is -0.314 e. The summed E-state index contributed by atoms with van der Waals surface area (Å²) in [7, 11) is 0. The topological polar surface area (TPSA) is 15.3 Å². The van der Waals surface area contributed by atoms with E-state index < -0.39 is 0 Å². The Bertz CT molecular complexity index is 422. The van der Waals surface area contributed by atoms with Gasteiger partial charge < -0.3 is 5.32 Å². The number of piperazine rings is 1. The van der Waals surface area contributed by atoms with E-state index in [1.54, 1.807) is 12.1 Å². The molecule has 2 nitrogen and oxygen atoms in total. The van der Waals surface area contributed by atoms with E-state index >= 15 is 0 Å². The molecule has 3 rings (SSSR count). The van der Waals surface area contributed by atoms with Gasteiger partial charge in [0.1, 0.15) is 5.82 Å². The van der Waals surface area contributed by atoms with Gasteiger partial charge in [0.2, 0.25) is 0 Å². The van der Waals surface area contributed by atoms with Crippen molar-refractivity contribution in [2.24, 2.45) is 5.92 Å². The molecular weight excluding hydrogens is 307 g/mol. The van der Waals surface area contributed by atoms with Gasteiger partial charge in [-0.25, -0.2) is 4.39 Å². The molecule has 19 heavy (non-hydrogen) atoms. The van der Waals surface area contributed by atoms with E-state index in [1.165, 1.54) is 19.3 Å². The van der Waals surface area contributed by atoms with Crippen molar-refractivity contribution < 1.29 is 4.39 Å². The molecule has 0 unspecified atom stereocenters. The number of hydrogen-bond donors (Lipinski definition) is 1. The molecule has 1 saturated heterocycles. The average Bonchev–Trinajstić information content (AvgIpc) is 2.33. The van der Waals surface area contributed by atoms with Gasteiger partial charge in [0.05, 0.1) is 0 Å². The predicted molar refractivity (Wildman–Crippen MR) is 78.6 cm³/mol. The van der Waals surface area contributed by atoms with Crippen molar-refractivity contribution in [1.82, 2.24) is 10.2 Å². The lowest BCUT2D eigenvalue weighted by Gasteiger charge is -2.43. The van der Waals surface area contributed by atoms with Crippen LogP contribution in [0.2, 0.25) is 0 Å². The van der Waals surface area contributed by atoms with E-state index in [0.717, 1.165) is 36.2 Å². The van der Waals surface area contributed by atoms with Gasteiger partial charge in [-0.2, -0.15) is 0 Å². The summed E-state index contributed by atoms with van der Waals surface area (Å²) in [6.07, 6.45) is 3.88. The van der Waals surface area contributed by atoms with E-state index in [-0.39, 0.29) is 5.82 Å². The molecule has 1 heterocycles. The Morgan fingerprint density at radius 2 is 1.95 bits per heavy atom. The zero-order chi connectivity index (χ0) is 13.2. The van der Waals surface area contributed by atoms with Crippen molar-refractivity contribution in [2.75, 3.05) is 26.2 Å². The van der Waals surface area contributed by atoms with Gasteiger partial charge in [0.15, 0.2) is 0 Å². The third kappa shape index (κ3) is 3.01. The second kappa shape index (κ2) is 5.90. The minimum absolute atomic E-state index is 0.135. The molecule has 104 valence electrons. The Hall–Kier alpha value is -0.450. The number of nitrogens with zero attached hydrogens (tertiary/aromatic N) is 1. The van der Waals surface area contributed by atoms with E-state index in [9.17, 15) is 4.39 Å². The summed E-state index contributed by atoms with van der Waals surface area (Å²) >= 11 is 3.42. The molecule has 1 atom stereocenters. The first-order chi connectivity index (χ1) is 9.24. The second-order valence-corrected chi connectivity index (χ2v) is 6.54. The maximum Gasteiger partial charge on any atom is 0.124 e. The molecule has 1 saturated carbocycles. The SMILES string of the molecule is Fc1cc(Br)cc([C@H](C2CCC2)N2CCNCC2)c1. The van der Waals surface area contributed by atoms with Gasteiger partial charge in [-0.15, -0.1) is 0 Å². The van der Waals surface area contributed by atoms with Crippen LogP contribution in [0.4, 0.5) is 4.39 Å². The van der Waals surface area contributed by atoms with Crippen LogP contribution in [0.3, 0.4) is 0 Å². The fourth-order valence-electron chi connectivity index (χ4n) is 3.24. The number of rotatable bonds is 3. The number of nitrogens with one attached hydrogen (secondary N) is 1. The van der Waals surface area contributed by atoms with E-state index in [4.69, 9.17) is 0 Å². The zero-order valence-corrected chi connectivity index (χ0v) is 12.6. The van der Waals surface area contributed by atoms with Crippen LogP contribution in [0.1, 0.15) is 30.9 Å². The predicted octanol–water partition coefficient (Wildman–Crippen LogP) is 3.33. The van der Waals surface area contributed by atoms with E-state index in [1.807, 2.05) is 0 Å². The van der Waals surface area contributed by atoms with Crippen LogP contribution in [-0.2, 0) is 0 Å². The molecule has 4 heteroatoms. The lowest BCUT2D eigenvalue weighted by molar-refractivity contribution is 0.0835. The van der Waals surface area contributed by atoms with Crippen LogP contribution in [0.25, 0.3) is 0 Å². The number of hydrogen-bond acceptors (Lipinski definition) is 2. The Labute approximate surface area is 122 Å². The van der Waals surface area contributed by atoms with Gasteiger partial charge in [0, 0.05) is 36.7 Å². The lowest BCUT2D eigenvalue weighted by Crippen LogP contribution is -2.47. The molecular formula is C15H20BrFN2. The highest BCUT2D eigenvalue weighted by Crippen LogP contribution is 2.42. The summed E-state index contributed by atoms with van der Waals surface area (Å²) in [5.41, 5.74) is 1.14. The number of halogens is 2. The van der Waals surface area contributed by atoms with Crippen LogP contribution >= 0.6 is 15.9 Å². The van der Waals surface area contributed by atoms with Crippen LogP contribution in [0.5, 0.6) is 0 Å². The van der Waals surface area contributed by atoms with Crippen LogP contribution in [0, 0.1) is 11.7 Å². The largest absolute Gasteiger partial charge is 0.314 e. The molecule has 2 aliphatic rings. The number of benzene rings is 1. The fourth-order valence-corrected chi connectivity index (χ4v) is 3.73. The third-order valence-electron chi connectivity index (χ3n) is 4.37. The summed E-state index contributed by atoms with van der Waals surface area (Å²) in [5, 5.41) is 3.39. The van der Waals surface area contributed by atoms with Crippen molar-refractivity contribution >= 4 is 15.9 Å². The Balaban J connectivity index is 1.88. The van der Waals surface area contributed by atoms with Gasteiger partial charge in [-0.3, -0.25) is 4.90 Å². The van der Waals surface area contributed by atoms with E-state index in [2.05, 4.69) is 32.2 Å². The van der Waals surface area contributed by atoms with Gasteiger partial charge in [0.25, 0.3) is 0 Å². The first-order valence-corrected chi connectivity index (χ1v) is 7.94. The standard InChI is InChI=1S/C15H20BrFN2/c16-13-8-12(9-14(17)10-13)15(11-2-1-3-11)19-6-4-18-5-7-19/h8-11,15,18H,1-7H2/t15-/m0/s1. The second-order valence-electron chi connectivity index (χ2n) is 5.62. The van der Waals surface area contributed by atoms with Crippen molar-refractivity contribution in [3.63, 3.8) is 0 Å². The third-order valence-corrected chi connectivity index (χ3v) is 4.83.